The molecular weight excluding hydrogens is 356 g/mol. The fourth-order valence-electron chi connectivity index (χ4n) is 2.41. The molecule has 0 aliphatic heterocycles. The van der Waals surface area contributed by atoms with Gasteiger partial charge in [-0.2, -0.15) is 0 Å². The van der Waals surface area contributed by atoms with E-state index in [4.69, 9.17) is 4.74 Å². The number of carbonyl (C=O) groups excluding carboxylic acids is 1. The average Bonchev–Trinajstić information content (AvgIpc) is 3.15. The van der Waals surface area contributed by atoms with Crippen molar-refractivity contribution >= 4 is 34.4 Å². The van der Waals surface area contributed by atoms with Gasteiger partial charge in [-0.25, -0.2) is 4.98 Å². The number of hydrogen-bond acceptors (Lipinski definition) is 7. The van der Waals surface area contributed by atoms with Gasteiger partial charge in [0.25, 0.3) is 5.56 Å². The molecule has 9 heteroatoms. The van der Waals surface area contributed by atoms with Crippen molar-refractivity contribution in [3.63, 3.8) is 0 Å². The molecule has 0 radical (unpaired) electrons. The molecule has 0 aliphatic carbocycles. The van der Waals surface area contributed by atoms with Crippen LogP contribution in [0.25, 0.3) is 10.9 Å². The standard InChI is InChI=1S/C17H18N4O4S/c1-24-9-4-8-21-16(23)12-5-2-3-6-13(12)18-17(21)26-11-15(22)19-14-7-10-25-20-14/h2-3,5-7,10H,4,8-9,11H2,1H3,(H,19,20,22). The predicted octanol–water partition coefficient (Wildman–Crippen LogP) is 2.15. The minimum Gasteiger partial charge on any atom is -0.385 e. The molecule has 0 saturated heterocycles. The number of hydrogen-bond donors (Lipinski definition) is 1. The number of rotatable bonds is 8. The van der Waals surface area contributed by atoms with Gasteiger partial charge in [-0.1, -0.05) is 29.1 Å². The molecule has 0 aliphatic rings. The van der Waals surface area contributed by atoms with Gasteiger partial charge in [-0.05, 0) is 18.6 Å². The van der Waals surface area contributed by atoms with Crippen LogP contribution in [0.1, 0.15) is 6.42 Å². The van der Waals surface area contributed by atoms with E-state index in [2.05, 4.69) is 20.0 Å². The third-order valence-corrected chi connectivity index (χ3v) is 4.57. The van der Waals surface area contributed by atoms with Gasteiger partial charge < -0.3 is 14.6 Å². The van der Waals surface area contributed by atoms with Crippen molar-refractivity contribution in [3.05, 3.63) is 46.9 Å². The Hall–Kier alpha value is -2.65. The Balaban J connectivity index is 1.81. The molecule has 3 rings (SSSR count). The summed E-state index contributed by atoms with van der Waals surface area (Å²) >= 11 is 1.20. The van der Waals surface area contributed by atoms with Crippen molar-refractivity contribution in [3.8, 4) is 0 Å². The second-order valence-corrected chi connectivity index (χ2v) is 6.38. The van der Waals surface area contributed by atoms with Crippen molar-refractivity contribution in [2.24, 2.45) is 0 Å². The van der Waals surface area contributed by atoms with Crippen LogP contribution in [-0.4, -0.2) is 40.1 Å². The highest BCUT2D eigenvalue weighted by Crippen LogP contribution is 2.18. The van der Waals surface area contributed by atoms with Crippen LogP contribution >= 0.6 is 11.8 Å². The van der Waals surface area contributed by atoms with Crippen molar-refractivity contribution in [2.45, 2.75) is 18.1 Å². The third-order valence-electron chi connectivity index (χ3n) is 3.59. The molecule has 0 fully saturated rings. The number of carbonyl (C=O) groups is 1. The first-order chi connectivity index (χ1) is 12.7. The van der Waals surface area contributed by atoms with Crippen molar-refractivity contribution in [1.29, 1.82) is 0 Å². The van der Waals surface area contributed by atoms with E-state index in [-0.39, 0.29) is 17.2 Å². The molecule has 8 nitrogen and oxygen atoms in total. The highest BCUT2D eigenvalue weighted by molar-refractivity contribution is 7.99. The maximum absolute atomic E-state index is 12.8. The maximum atomic E-state index is 12.8. The summed E-state index contributed by atoms with van der Waals surface area (Å²) in [7, 11) is 1.62. The Kier molecular flexibility index (Phi) is 6.03. The van der Waals surface area contributed by atoms with Crippen LogP contribution in [-0.2, 0) is 16.1 Å². The van der Waals surface area contributed by atoms with E-state index in [0.29, 0.717) is 41.4 Å². The molecule has 3 aromatic rings. The van der Waals surface area contributed by atoms with Crippen LogP contribution in [0.3, 0.4) is 0 Å². The number of nitrogens with one attached hydrogen (secondary N) is 1. The molecule has 0 bridgehead atoms. The fourth-order valence-corrected chi connectivity index (χ4v) is 3.23. The number of aromatic nitrogens is 3. The molecule has 0 atom stereocenters. The maximum Gasteiger partial charge on any atom is 0.262 e. The zero-order valence-electron chi connectivity index (χ0n) is 14.2. The number of methoxy groups -OCH3 is 1. The van der Waals surface area contributed by atoms with Gasteiger partial charge >= 0.3 is 0 Å². The highest BCUT2D eigenvalue weighted by atomic mass is 32.2. The molecule has 0 unspecified atom stereocenters. The minimum absolute atomic E-state index is 0.0991. The molecular formula is C17H18N4O4S. The van der Waals surface area contributed by atoms with E-state index >= 15 is 0 Å². The number of amides is 1. The van der Waals surface area contributed by atoms with Crippen molar-refractivity contribution < 1.29 is 14.1 Å². The van der Waals surface area contributed by atoms with Crippen LogP contribution < -0.4 is 10.9 Å². The molecule has 1 aromatic carbocycles. The number of thioether (sulfide) groups is 1. The predicted molar refractivity (Wildman–Crippen MR) is 98.4 cm³/mol. The first-order valence-electron chi connectivity index (χ1n) is 8.00. The first kappa shape index (κ1) is 18.2. The minimum atomic E-state index is -0.255. The molecule has 0 spiro atoms. The molecule has 1 amide bonds. The Morgan fingerprint density at radius 1 is 1.35 bits per heavy atom. The number of ether oxygens (including phenoxy) is 1. The van der Waals surface area contributed by atoms with Gasteiger partial charge in [0.05, 0.1) is 16.7 Å². The summed E-state index contributed by atoms with van der Waals surface area (Å²) in [5, 5.41) is 7.31. The van der Waals surface area contributed by atoms with Gasteiger partial charge in [0.15, 0.2) is 11.0 Å². The smallest absolute Gasteiger partial charge is 0.262 e. The lowest BCUT2D eigenvalue weighted by Gasteiger charge is -2.12. The zero-order chi connectivity index (χ0) is 18.4. The van der Waals surface area contributed by atoms with E-state index in [1.54, 1.807) is 29.9 Å². The average molecular weight is 374 g/mol. The SMILES string of the molecule is COCCCn1c(SCC(=O)Nc2ccon2)nc2ccccc2c1=O. The number of nitrogens with zero attached hydrogens (tertiary/aromatic N) is 3. The Morgan fingerprint density at radius 2 is 2.19 bits per heavy atom. The van der Waals surface area contributed by atoms with Crippen LogP contribution in [0, 0.1) is 0 Å². The number of fused-ring (bicyclic) bond motifs is 1. The topological polar surface area (TPSA) is 99.2 Å². The van der Waals surface area contributed by atoms with E-state index in [1.807, 2.05) is 12.1 Å². The van der Waals surface area contributed by atoms with Crippen LogP contribution in [0.2, 0.25) is 0 Å². The second kappa shape index (κ2) is 8.63. The largest absolute Gasteiger partial charge is 0.385 e. The normalized spacial score (nSPS) is 11.0. The monoisotopic (exact) mass is 374 g/mol. The molecule has 2 aromatic heterocycles. The summed E-state index contributed by atoms with van der Waals surface area (Å²) in [6.07, 6.45) is 2.05. The van der Waals surface area contributed by atoms with Gasteiger partial charge in [0, 0.05) is 26.3 Å². The summed E-state index contributed by atoms with van der Waals surface area (Å²) in [6, 6.07) is 8.73. The summed E-state index contributed by atoms with van der Waals surface area (Å²) in [6.45, 7) is 1.01. The number of anilines is 1. The van der Waals surface area contributed by atoms with E-state index in [1.165, 1.54) is 18.0 Å². The number of benzene rings is 1. The summed E-state index contributed by atoms with van der Waals surface area (Å²) in [5.41, 5.74) is 0.492. The Bertz CT molecular complexity index is 940. The summed E-state index contributed by atoms with van der Waals surface area (Å²) in [5.74, 6) is 0.191. The van der Waals surface area contributed by atoms with Crippen LogP contribution in [0.5, 0.6) is 0 Å². The van der Waals surface area contributed by atoms with E-state index in [9.17, 15) is 9.59 Å². The molecule has 2 heterocycles. The second-order valence-electron chi connectivity index (χ2n) is 5.44. The lowest BCUT2D eigenvalue weighted by molar-refractivity contribution is -0.113. The van der Waals surface area contributed by atoms with Gasteiger partial charge in [0.1, 0.15) is 6.26 Å². The molecule has 0 saturated carbocycles. The highest BCUT2D eigenvalue weighted by Gasteiger charge is 2.13. The van der Waals surface area contributed by atoms with Gasteiger partial charge in [-0.3, -0.25) is 14.2 Å². The molecule has 26 heavy (non-hydrogen) atoms. The summed E-state index contributed by atoms with van der Waals surface area (Å²) in [4.78, 5) is 29.4. The third kappa shape index (κ3) is 4.30. The fraction of sp³-hybridized carbons (Fsp3) is 0.294. The zero-order valence-corrected chi connectivity index (χ0v) is 15.0. The van der Waals surface area contributed by atoms with Gasteiger partial charge in [0.2, 0.25) is 5.91 Å². The van der Waals surface area contributed by atoms with Crippen molar-refractivity contribution in [2.75, 3.05) is 24.8 Å². The van der Waals surface area contributed by atoms with Crippen molar-refractivity contribution in [1.82, 2.24) is 14.7 Å². The number of para-hydroxylation sites is 1. The van der Waals surface area contributed by atoms with E-state index in [0.717, 1.165) is 0 Å². The lowest BCUT2D eigenvalue weighted by Crippen LogP contribution is -2.25. The lowest BCUT2D eigenvalue weighted by atomic mass is 10.2. The summed E-state index contributed by atoms with van der Waals surface area (Å²) < 4.78 is 11.3. The van der Waals surface area contributed by atoms with Crippen LogP contribution in [0.15, 0.2) is 51.1 Å². The first-order valence-corrected chi connectivity index (χ1v) is 8.99. The Labute approximate surface area is 153 Å². The Morgan fingerprint density at radius 3 is 2.96 bits per heavy atom. The quantitative estimate of drug-likeness (QED) is 0.366. The molecule has 136 valence electrons. The molecule has 1 N–H and O–H groups in total. The van der Waals surface area contributed by atoms with Gasteiger partial charge in [-0.15, -0.1) is 0 Å². The van der Waals surface area contributed by atoms with Crippen LogP contribution in [0.4, 0.5) is 5.82 Å². The van der Waals surface area contributed by atoms with E-state index < -0.39 is 0 Å².